The molecule has 0 atom stereocenters. The molecule has 0 bridgehead atoms. The Morgan fingerprint density at radius 2 is 2.19 bits per heavy atom. The molecular formula is C15H11ClN2O2S. The highest BCUT2D eigenvalue weighted by Gasteiger charge is 2.14. The molecule has 2 heterocycles. The van der Waals surface area contributed by atoms with Crippen molar-refractivity contribution in [3.8, 4) is 22.2 Å². The Kier molecular flexibility index (Phi) is 3.53. The molecule has 0 aliphatic heterocycles. The van der Waals surface area contributed by atoms with Crippen LogP contribution in [0.3, 0.4) is 0 Å². The van der Waals surface area contributed by atoms with E-state index in [1.807, 2.05) is 5.38 Å². The summed E-state index contributed by atoms with van der Waals surface area (Å²) in [6, 6.07) is 5.00. The van der Waals surface area contributed by atoms with Gasteiger partial charge in [-0.2, -0.15) is 0 Å². The molecule has 0 saturated heterocycles. The van der Waals surface area contributed by atoms with Crippen LogP contribution in [-0.4, -0.2) is 22.2 Å². The summed E-state index contributed by atoms with van der Waals surface area (Å²) in [6.45, 7) is 3.68. The molecule has 0 aliphatic carbocycles. The van der Waals surface area contributed by atoms with Gasteiger partial charge in [-0.05, 0) is 18.2 Å². The lowest BCUT2D eigenvalue weighted by Crippen LogP contribution is -1.90. The topological polar surface area (TPSA) is 55.2 Å². The second-order valence-electron chi connectivity index (χ2n) is 4.29. The molecule has 2 aromatic heterocycles. The minimum absolute atomic E-state index is 0.106. The highest BCUT2D eigenvalue weighted by atomic mass is 35.5. The van der Waals surface area contributed by atoms with E-state index in [2.05, 4.69) is 16.5 Å². The monoisotopic (exact) mass is 318 g/mol. The zero-order chi connectivity index (χ0) is 15.0. The minimum Gasteiger partial charge on any atom is -0.507 e. The van der Waals surface area contributed by atoms with Gasteiger partial charge in [-0.15, -0.1) is 11.3 Å². The van der Waals surface area contributed by atoms with Crippen LogP contribution in [0.5, 0.6) is 11.5 Å². The number of fused-ring (bicyclic) bond motifs is 1. The molecule has 0 aliphatic rings. The summed E-state index contributed by atoms with van der Waals surface area (Å²) >= 11 is 7.70. The van der Waals surface area contributed by atoms with Crippen molar-refractivity contribution in [2.24, 2.45) is 0 Å². The van der Waals surface area contributed by atoms with Crippen LogP contribution in [0.4, 0.5) is 0 Å². The van der Waals surface area contributed by atoms with Gasteiger partial charge >= 0.3 is 0 Å². The summed E-state index contributed by atoms with van der Waals surface area (Å²) in [6.07, 6.45) is 1.66. The van der Waals surface area contributed by atoms with Gasteiger partial charge in [0.25, 0.3) is 0 Å². The van der Waals surface area contributed by atoms with Crippen molar-refractivity contribution in [1.82, 2.24) is 9.97 Å². The molecule has 1 N–H and O–H groups in total. The van der Waals surface area contributed by atoms with Gasteiger partial charge in [0.05, 0.1) is 18.3 Å². The maximum atomic E-state index is 10.2. The van der Waals surface area contributed by atoms with Gasteiger partial charge in [0.15, 0.2) is 0 Å². The van der Waals surface area contributed by atoms with E-state index in [1.165, 1.54) is 18.4 Å². The molecule has 0 spiro atoms. The van der Waals surface area contributed by atoms with E-state index in [0.29, 0.717) is 32.4 Å². The van der Waals surface area contributed by atoms with Crippen molar-refractivity contribution in [1.29, 1.82) is 0 Å². The lowest BCUT2D eigenvalue weighted by atomic mass is 10.1. The summed E-state index contributed by atoms with van der Waals surface area (Å²) in [5.41, 5.74) is 1.82. The number of hydrogen-bond donors (Lipinski definition) is 1. The van der Waals surface area contributed by atoms with Crippen LogP contribution in [0.2, 0.25) is 5.02 Å². The van der Waals surface area contributed by atoms with Crippen LogP contribution < -0.4 is 4.74 Å². The van der Waals surface area contributed by atoms with E-state index in [1.54, 1.807) is 24.3 Å². The SMILES string of the molecule is C=Cc1csc(-c2cc(O)c3ccc(OC)c(Cl)c3n2)n1. The van der Waals surface area contributed by atoms with Crippen molar-refractivity contribution in [2.45, 2.75) is 0 Å². The number of nitrogens with zero attached hydrogens (tertiary/aromatic N) is 2. The first-order valence-corrected chi connectivity index (χ1v) is 7.34. The van der Waals surface area contributed by atoms with Crippen LogP contribution in [0.1, 0.15) is 5.69 Å². The first-order valence-electron chi connectivity index (χ1n) is 6.08. The zero-order valence-corrected chi connectivity index (χ0v) is 12.7. The van der Waals surface area contributed by atoms with Crippen molar-refractivity contribution in [3.05, 3.63) is 40.9 Å². The number of rotatable bonds is 3. The second-order valence-corrected chi connectivity index (χ2v) is 5.52. The molecule has 3 aromatic rings. The average Bonchev–Trinajstić information content (AvgIpc) is 2.97. The Bertz CT molecular complexity index is 845. The summed E-state index contributed by atoms with van der Waals surface area (Å²) < 4.78 is 5.18. The van der Waals surface area contributed by atoms with Crippen LogP contribution in [-0.2, 0) is 0 Å². The van der Waals surface area contributed by atoms with E-state index in [9.17, 15) is 5.11 Å². The number of aromatic nitrogens is 2. The third-order valence-electron chi connectivity index (χ3n) is 3.03. The van der Waals surface area contributed by atoms with Gasteiger partial charge in [-0.25, -0.2) is 9.97 Å². The number of ether oxygens (including phenoxy) is 1. The Morgan fingerprint density at radius 3 is 2.86 bits per heavy atom. The Labute approximate surface area is 130 Å². The molecule has 0 amide bonds. The van der Waals surface area contributed by atoms with Gasteiger partial charge in [0, 0.05) is 16.8 Å². The van der Waals surface area contributed by atoms with E-state index in [0.717, 1.165) is 5.69 Å². The van der Waals surface area contributed by atoms with Crippen molar-refractivity contribution in [2.75, 3.05) is 7.11 Å². The first-order chi connectivity index (χ1) is 10.1. The quantitative estimate of drug-likeness (QED) is 0.779. The van der Waals surface area contributed by atoms with Crippen LogP contribution >= 0.6 is 22.9 Å². The van der Waals surface area contributed by atoms with Crippen LogP contribution in [0.25, 0.3) is 27.7 Å². The fourth-order valence-electron chi connectivity index (χ4n) is 1.99. The maximum Gasteiger partial charge on any atom is 0.142 e. The van der Waals surface area contributed by atoms with E-state index >= 15 is 0 Å². The second kappa shape index (κ2) is 5.35. The predicted octanol–water partition coefficient (Wildman–Crippen LogP) is 4.37. The Balaban J connectivity index is 2.25. The highest BCUT2D eigenvalue weighted by molar-refractivity contribution is 7.13. The largest absolute Gasteiger partial charge is 0.507 e. The van der Waals surface area contributed by atoms with E-state index in [-0.39, 0.29) is 5.75 Å². The number of pyridine rings is 1. The summed E-state index contributed by atoms with van der Waals surface area (Å²) in [5, 5.41) is 13.7. The van der Waals surface area contributed by atoms with Gasteiger partial charge in [-0.1, -0.05) is 18.2 Å². The molecule has 0 fully saturated rings. The number of halogens is 1. The third kappa shape index (κ3) is 2.34. The van der Waals surface area contributed by atoms with Crippen LogP contribution in [0, 0.1) is 0 Å². The third-order valence-corrected chi connectivity index (χ3v) is 4.28. The van der Waals surface area contributed by atoms with Gasteiger partial charge in [0.1, 0.15) is 27.2 Å². The number of methoxy groups -OCH3 is 1. The molecular weight excluding hydrogens is 308 g/mol. The van der Waals surface area contributed by atoms with Gasteiger partial charge in [-0.3, -0.25) is 0 Å². The van der Waals surface area contributed by atoms with Crippen LogP contribution in [0.15, 0.2) is 30.2 Å². The smallest absolute Gasteiger partial charge is 0.142 e. The molecule has 4 nitrogen and oxygen atoms in total. The Hall–Kier alpha value is -2.11. The molecule has 0 saturated carbocycles. The lowest BCUT2D eigenvalue weighted by molar-refractivity contribution is 0.415. The number of aromatic hydroxyl groups is 1. The number of benzene rings is 1. The number of thiazole rings is 1. The van der Waals surface area contributed by atoms with E-state index < -0.39 is 0 Å². The fraction of sp³-hybridized carbons (Fsp3) is 0.0667. The minimum atomic E-state index is 0.106. The van der Waals surface area contributed by atoms with Gasteiger partial charge < -0.3 is 9.84 Å². The van der Waals surface area contributed by atoms with Crippen molar-refractivity contribution >= 4 is 39.9 Å². The molecule has 1 aromatic carbocycles. The van der Waals surface area contributed by atoms with Crippen molar-refractivity contribution in [3.63, 3.8) is 0 Å². The molecule has 3 rings (SSSR count). The van der Waals surface area contributed by atoms with Gasteiger partial charge in [0.2, 0.25) is 0 Å². The maximum absolute atomic E-state index is 10.2. The lowest BCUT2D eigenvalue weighted by Gasteiger charge is -2.08. The normalized spacial score (nSPS) is 10.8. The fourth-order valence-corrected chi connectivity index (χ4v) is 3.04. The molecule has 21 heavy (non-hydrogen) atoms. The standard InChI is InChI=1S/C15H11ClN2O2S/c1-3-8-7-21-15(17-8)10-6-11(19)9-4-5-12(20-2)13(16)14(9)18-10/h3-7H,1H2,2H3,(H,18,19). The molecule has 106 valence electrons. The number of hydrogen-bond acceptors (Lipinski definition) is 5. The Morgan fingerprint density at radius 1 is 1.38 bits per heavy atom. The summed E-state index contributed by atoms with van der Waals surface area (Å²) in [4.78, 5) is 8.88. The average molecular weight is 319 g/mol. The first kappa shape index (κ1) is 13.9. The van der Waals surface area contributed by atoms with Crippen molar-refractivity contribution < 1.29 is 9.84 Å². The predicted molar refractivity (Wildman–Crippen MR) is 86.2 cm³/mol. The molecule has 0 radical (unpaired) electrons. The zero-order valence-electron chi connectivity index (χ0n) is 11.1. The highest BCUT2D eigenvalue weighted by Crippen LogP contribution is 2.37. The molecule has 6 heteroatoms. The van der Waals surface area contributed by atoms with E-state index in [4.69, 9.17) is 16.3 Å². The summed E-state index contributed by atoms with van der Waals surface area (Å²) in [7, 11) is 1.54. The molecule has 0 unspecified atom stereocenters. The summed E-state index contributed by atoms with van der Waals surface area (Å²) in [5.74, 6) is 0.619.